The topological polar surface area (TPSA) is 29.1 Å². The van der Waals surface area contributed by atoms with Crippen LogP contribution in [0.1, 0.15) is 45.4 Å². The molecule has 2 rings (SSSR count). The second-order valence-corrected chi connectivity index (χ2v) is 5.51. The van der Waals surface area contributed by atoms with Crippen LogP contribution in [0.5, 0.6) is 0 Å². The molecule has 0 radical (unpaired) electrons. The number of halogens is 1. The maximum atomic E-state index is 11.7. The molecule has 0 bridgehead atoms. The van der Waals surface area contributed by atoms with Gasteiger partial charge < -0.3 is 5.32 Å². The third-order valence-electron chi connectivity index (χ3n) is 3.33. The molecular weight excluding hydrogens is 198 g/mol. The number of nitrogens with one attached hydrogen (secondary N) is 1. The molecule has 3 heteroatoms. The second-order valence-electron chi connectivity index (χ2n) is 4.79. The Labute approximate surface area is 90.4 Å². The van der Waals surface area contributed by atoms with E-state index in [9.17, 15) is 4.79 Å². The van der Waals surface area contributed by atoms with E-state index in [1.54, 1.807) is 0 Å². The van der Waals surface area contributed by atoms with Crippen LogP contribution >= 0.6 is 11.6 Å². The number of carbonyl (C=O) groups excluding carboxylic acids is 1. The molecule has 2 aliphatic rings. The molecule has 0 spiro atoms. The number of Topliss-reactive ketones (excluding diaryl/α,β-unsaturated/α-hetero) is 1. The second kappa shape index (κ2) is 3.82. The van der Waals surface area contributed by atoms with Crippen LogP contribution in [-0.2, 0) is 4.79 Å². The largest absolute Gasteiger partial charge is 0.311 e. The van der Waals surface area contributed by atoms with Gasteiger partial charge in [0.15, 0.2) is 5.78 Å². The monoisotopic (exact) mass is 215 g/mol. The quantitative estimate of drug-likeness (QED) is 0.732. The van der Waals surface area contributed by atoms with Crippen LogP contribution in [0, 0.1) is 0 Å². The highest BCUT2D eigenvalue weighted by Gasteiger charge is 2.47. The van der Waals surface area contributed by atoms with E-state index < -0.39 is 4.87 Å². The minimum Gasteiger partial charge on any atom is -0.311 e. The van der Waals surface area contributed by atoms with Gasteiger partial charge in [-0.05, 0) is 32.6 Å². The minimum atomic E-state index is -0.456. The Morgan fingerprint density at radius 2 is 2.21 bits per heavy atom. The first-order valence-corrected chi connectivity index (χ1v) is 5.96. The first-order chi connectivity index (χ1) is 6.60. The summed E-state index contributed by atoms with van der Waals surface area (Å²) < 4.78 is 0. The van der Waals surface area contributed by atoms with Gasteiger partial charge in [-0.1, -0.05) is 6.42 Å². The molecule has 0 aromatic heterocycles. The molecule has 1 N–H and O–H groups in total. The predicted octanol–water partition coefficient (Wildman–Crippen LogP) is 2.25. The molecule has 1 aliphatic carbocycles. The molecule has 80 valence electrons. The summed E-state index contributed by atoms with van der Waals surface area (Å²) in [5.41, 5.74) is 0. The number of carbonyl (C=O) groups is 1. The number of ketones is 1. The minimum absolute atomic E-state index is 0.255. The van der Waals surface area contributed by atoms with Gasteiger partial charge in [-0.3, -0.25) is 4.79 Å². The van der Waals surface area contributed by atoms with Gasteiger partial charge >= 0.3 is 0 Å². The Bertz CT molecular complexity index is 237. The summed E-state index contributed by atoms with van der Waals surface area (Å²) in [5, 5.41) is 3.47. The zero-order chi connectivity index (χ0) is 10.2. The molecule has 14 heavy (non-hydrogen) atoms. The van der Waals surface area contributed by atoms with Gasteiger partial charge in [0.2, 0.25) is 0 Å². The van der Waals surface area contributed by atoms with E-state index in [0.717, 1.165) is 19.3 Å². The van der Waals surface area contributed by atoms with Crippen LogP contribution in [0.3, 0.4) is 0 Å². The van der Waals surface area contributed by atoms with E-state index in [1.807, 2.05) is 0 Å². The number of hydrogen-bond acceptors (Lipinski definition) is 2. The Morgan fingerprint density at radius 1 is 1.50 bits per heavy atom. The smallest absolute Gasteiger partial charge is 0.155 e. The number of hydrogen-bond donors (Lipinski definition) is 1. The van der Waals surface area contributed by atoms with Crippen molar-refractivity contribution in [2.24, 2.45) is 0 Å². The lowest BCUT2D eigenvalue weighted by atomic mass is 9.95. The van der Waals surface area contributed by atoms with Gasteiger partial charge in [-0.15, -0.1) is 11.6 Å². The van der Waals surface area contributed by atoms with Gasteiger partial charge in [0.05, 0.1) is 0 Å². The van der Waals surface area contributed by atoms with Crippen molar-refractivity contribution in [3.8, 4) is 0 Å². The van der Waals surface area contributed by atoms with Crippen LogP contribution in [0.2, 0.25) is 0 Å². The van der Waals surface area contributed by atoms with Crippen LogP contribution in [-0.4, -0.2) is 22.7 Å². The molecule has 1 aliphatic heterocycles. The van der Waals surface area contributed by atoms with Crippen molar-refractivity contribution in [3.05, 3.63) is 0 Å². The maximum Gasteiger partial charge on any atom is 0.155 e. The van der Waals surface area contributed by atoms with Gasteiger partial charge in [0, 0.05) is 18.5 Å². The summed E-state index contributed by atoms with van der Waals surface area (Å²) >= 11 is 6.07. The van der Waals surface area contributed by atoms with E-state index in [-0.39, 0.29) is 5.78 Å². The Balaban J connectivity index is 1.81. The zero-order valence-corrected chi connectivity index (χ0v) is 9.44. The lowest BCUT2D eigenvalue weighted by Gasteiger charge is -2.28. The molecule has 1 saturated heterocycles. The molecule has 2 atom stereocenters. The van der Waals surface area contributed by atoms with Crippen molar-refractivity contribution in [1.29, 1.82) is 0 Å². The highest BCUT2D eigenvalue weighted by atomic mass is 35.5. The Hall–Kier alpha value is -0.0800. The van der Waals surface area contributed by atoms with Crippen molar-refractivity contribution < 1.29 is 4.79 Å². The highest BCUT2D eigenvalue weighted by molar-refractivity contribution is 6.37. The molecule has 1 saturated carbocycles. The van der Waals surface area contributed by atoms with E-state index in [2.05, 4.69) is 12.2 Å². The van der Waals surface area contributed by atoms with Gasteiger partial charge in [0.25, 0.3) is 0 Å². The van der Waals surface area contributed by atoms with E-state index in [0.29, 0.717) is 18.5 Å². The van der Waals surface area contributed by atoms with Crippen molar-refractivity contribution >= 4 is 17.4 Å². The molecule has 0 aromatic carbocycles. The standard InChI is InChI=1S/C11H18ClNO/c1-8-3-2-4-9(13-8)7-10(14)11(12)5-6-11/h8-9,13H,2-7H2,1H3. The first kappa shape index (κ1) is 10.4. The van der Waals surface area contributed by atoms with Crippen molar-refractivity contribution in [3.63, 3.8) is 0 Å². The summed E-state index contributed by atoms with van der Waals surface area (Å²) in [6.07, 6.45) is 6.00. The summed E-state index contributed by atoms with van der Waals surface area (Å²) in [6.45, 7) is 2.18. The molecular formula is C11H18ClNO. The van der Waals surface area contributed by atoms with E-state index in [1.165, 1.54) is 12.8 Å². The molecule has 0 amide bonds. The Morgan fingerprint density at radius 3 is 2.79 bits per heavy atom. The van der Waals surface area contributed by atoms with E-state index >= 15 is 0 Å². The zero-order valence-electron chi connectivity index (χ0n) is 8.68. The molecule has 2 nitrogen and oxygen atoms in total. The fraction of sp³-hybridized carbons (Fsp3) is 0.909. The lowest BCUT2D eigenvalue weighted by molar-refractivity contribution is -0.120. The normalized spacial score (nSPS) is 35.3. The van der Waals surface area contributed by atoms with Crippen LogP contribution in [0.4, 0.5) is 0 Å². The highest BCUT2D eigenvalue weighted by Crippen LogP contribution is 2.44. The third kappa shape index (κ3) is 2.29. The molecule has 1 heterocycles. The third-order valence-corrected chi connectivity index (χ3v) is 3.92. The SMILES string of the molecule is CC1CCCC(CC(=O)C2(Cl)CC2)N1. The van der Waals surface area contributed by atoms with Crippen LogP contribution in [0.15, 0.2) is 0 Å². The maximum absolute atomic E-state index is 11.7. The fourth-order valence-electron chi connectivity index (χ4n) is 2.20. The fourth-order valence-corrected chi connectivity index (χ4v) is 2.37. The molecule has 2 unspecified atom stereocenters. The van der Waals surface area contributed by atoms with Crippen molar-refractivity contribution in [2.75, 3.05) is 0 Å². The predicted molar refractivity (Wildman–Crippen MR) is 57.7 cm³/mol. The molecule has 2 fully saturated rings. The van der Waals surface area contributed by atoms with E-state index in [4.69, 9.17) is 11.6 Å². The summed E-state index contributed by atoms with van der Waals surface area (Å²) in [4.78, 5) is 11.3. The lowest BCUT2D eigenvalue weighted by Crippen LogP contribution is -2.42. The summed E-state index contributed by atoms with van der Waals surface area (Å²) in [6, 6.07) is 0.939. The van der Waals surface area contributed by atoms with Crippen molar-refractivity contribution in [1.82, 2.24) is 5.32 Å². The number of piperidine rings is 1. The number of alkyl halides is 1. The number of rotatable bonds is 3. The summed E-state index contributed by atoms with van der Waals surface area (Å²) in [7, 11) is 0. The van der Waals surface area contributed by atoms with Crippen LogP contribution < -0.4 is 5.32 Å². The average molecular weight is 216 g/mol. The molecule has 0 aromatic rings. The van der Waals surface area contributed by atoms with Crippen molar-refractivity contribution in [2.45, 2.75) is 62.4 Å². The van der Waals surface area contributed by atoms with Gasteiger partial charge in [0.1, 0.15) is 4.87 Å². The first-order valence-electron chi connectivity index (χ1n) is 5.58. The van der Waals surface area contributed by atoms with Crippen LogP contribution in [0.25, 0.3) is 0 Å². The Kier molecular flexibility index (Phi) is 2.85. The van der Waals surface area contributed by atoms with Gasteiger partial charge in [-0.2, -0.15) is 0 Å². The average Bonchev–Trinajstić information content (AvgIpc) is 2.85. The van der Waals surface area contributed by atoms with Gasteiger partial charge in [-0.25, -0.2) is 0 Å². The summed E-state index contributed by atoms with van der Waals surface area (Å²) in [5.74, 6) is 0.255.